The summed E-state index contributed by atoms with van der Waals surface area (Å²) in [5.41, 5.74) is 2.05. The second kappa shape index (κ2) is 6.30. The molecular weight excluding hydrogens is 290 g/mol. The highest BCUT2D eigenvalue weighted by molar-refractivity contribution is 6.31. The van der Waals surface area contributed by atoms with Crippen LogP contribution in [0.15, 0.2) is 12.4 Å². The molecule has 114 valence electrons. The second-order valence-corrected chi connectivity index (χ2v) is 5.33. The molecule has 0 spiro atoms. The van der Waals surface area contributed by atoms with Gasteiger partial charge in [0.2, 0.25) is 0 Å². The van der Waals surface area contributed by atoms with Gasteiger partial charge in [-0.2, -0.15) is 10.2 Å². The summed E-state index contributed by atoms with van der Waals surface area (Å²) in [5.74, 6) is -0.0747. The van der Waals surface area contributed by atoms with Crippen LogP contribution < -0.4 is 0 Å². The molecule has 0 aliphatic carbocycles. The van der Waals surface area contributed by atoms with E-state index in [1.54, 1.807) is 33.7 Å². The number of nitrogens with zero attached hydrogens (tertiary/aromatic N) is 5. The SMILES string of the molecule is CCn1cc(C(=O)N(C)Cc2nn(CC)cc2Cl)c(C)n1. The summed E-state index contributed by atoms with van der Waals surface area (Å²) < 4.78 is 3.52. The number of hydrogen-bond acceptors (Lipinski definition) is 3. The maximum atomic E-state index is 12.5. The molecule has 2 rings (SSSR count). The average molecular weight is 310 g/mol. The van der Waals surface area contributed by atoms with Crippen LogP contribution in [0.2, 0.25) is 5.02 Å². The fourth-order valence-electron chi connectivity index (χ4n) is 2.10. The highest BCUT2D eigenvalue weighted by atomic mass is 35.5. The summed E-state index contributed by atoms with van der Waals surface area (Å²) in [6.07, 6.45) is 3.55. The van der Waals surface area contributed by atoms with E-state index in [2.05, 4.69) is 10.2 Å². The Balaban J connectivity index is 2.15. The smallest absolute Gasteiger partial charge is 0.257 e. The van der Waals surface area contributed by atoms with E-state index in [1.165, 1.54) is 0 Å². The lowest BCUT2D eigenvalue weighted by Crippen LogP contribution is -2.27. The molecule has 2 heterocycles. The summed E-state index contributed by atoms with van der Waals surface area (Å²) in [4.78, 5) is 14.1. The van der Waals surface area contributed by atoms with Crippen molar-refractivity contribution in [1.82, 2.24) is 24.5 Å². The summed E-state index contributed by atoms with van der Waals surface area (Å²) >= 11 is 6.14. The number of rotatable bonds is 5. The van der Waals surface area contributed by atoms with Crippen molar-refractivity contribution < 1.29 is 4.79 Å². The van der Waals surface area contributed by atoms with Crippen LogP contribution in [0.3, 0.4) is 0 Å². The van der Waals surface area contributed by atoms with Crippen LogP contribution in [0.5, 0.6) is 0 Å². The predicted molar refractivity (Wildman–Crippen MR) is 81.3 cm³/mol. The molecule has 0 fully saturated rings. The molecule has 7 heteroatoms. The van der Waals surface area contributed by atoms with E-state index in [0.29, 0.717) is 22.8 Å². The van der Waals surface area contributed by atoms with Gasteiger partial charge in [-0.15, -0.1) is 0 Å². The van der Waals surface area contributed by atoms with Crippen LogP contribution >= 0.6 is 11.6 Å². The molecule has 1 amide bonds. The van der Waals surface area contributed by atoms with Crippen LogP contribution in [0.4, 0.5) is 0 Å². The molecule has 0 unspecified atom stereocenters. The minimum absolute atomic E-state index is 0.0747. The number of amides is 1. The lowest BCUT2D eigenvalue weighted by Gasteiger charge is -2.15. The summed E-state index contributed by atoms with van der Waals surface area (Å²) in [7, 11) is 1.74. The number of carbonyl (C=O) groups excluding carboxylic acids is 1. The molecule has 0 atom stereocenters. The first-order chi connectivity index (χ1) is 9.96. The van der Waals surface area contributed by atoms with Crippen molar-refractivity contribution in [2.75, 3.05) is 7.05 Å². The Morgan fingerprint density at radius 2 is 1.86 bits per heavy atom. The zero-order valence-corrected chi connectivity index (χ0v) is 13.6. The first-order valence-corrected chi connectivity index (χ1v) is 7.35. The first kappa shape index (κ1) is 15.6. The molecule has 2 aromatic rings. The van der Waals surface area contributed by atoms with Crippen LogP contribution in [0.25, 0.3) is 0 Å². The average Bonchev–Trinajstić information content (AvgIpc) is 3.01. The van der Waals surface area contributed by atoms with Gasteiger partial charge in [-0.05, 0) is 20.8 Å². The molecule has 6 nitrogen and oxygen atoms in total. The zero-order valence-electron chi connectivity index (χ0n) is 12.8. The van der Waals surface area contributed by atoms with E-state index in [1.807, 2.05) is 20.8 Å². The molecule has 21 heavy (non-hydrogen) atoms. The lowest BCUT2D eigenvalue weighted by molar-refractivity contribution is 0.0782. The molecule has 0 saturated heterocycles. The monoisotopic (exact) mass is 309 g/mol. The van der Waals surface area contributed by atoms with Gasteiger partial charge in [0.05, 0.1) is 22.8 Å². The standard InChI is InChI=1S/C14H20ClN5O/c1-5-19-7-11(10(3)16-19)14(21)18(4)9-13-12(15)8-20(6-2)17-13/h7-8H,5-6,9H2,1-4H3. The van der Waals surface area contributed by atoms with Crippen molar-refractivity contribution in [2.45, 2.75) is 40.4 Å². The van der Waals surface area contributed by atoms with E-state index >= 15 is 0 Å². The van der Waals surface area contributed by atoms with Crippen LogP contribution in [-0.4, -0.2) is 37.4 Å². The van der Waals surface area contributed by atoms with Crippen molar-refractivity contribution in [1.29, 1.82) is 0 Å². The van der Waals surface area contributed by atoms with Gasteiger partial charge in [0, 0.05) is 32.5 Å². The number of aromatic nitrogens is 4. The Bertz CT molecular complexity index is 646. The summed E-state index contributed by atoms with van der Waals surface area (Å²) in [6, 6.07) is 0. The van der Waals surface area contributed by atoms with Crippen molar-refractivity contribution in [3.05, 3.63) is 34.4 Å². The third-order valence-corrected chi connectivity index (χ3v) is 3.66. The van der Waals surface area contributed by atoms with Crippen LogP contribution in [0, 0.1) is 6.92 Å². The van der Waals surface area contributed by atoms with Crippen molar-refractivity contribution in [3.8, 4) is 0 Å². The Morgan fingerprint density at radius 3 is 2.38 bits per heavy atom. The van der Waals surface area contributed by atoms with Gasteiger partial charge >= 0.3 is 0 Å². The van der Waals surface area contributed by atoms with Crippen molar-refractivity contribution in [2.24, 2.45) is 0 Å². The largest absolute Gasteiger partial charge is 0.336 e. The molecule has 0 radical (unpaired) electrons. The van der Waals surface area contributed by atoms with E-state index in [4.69, 9.17) is 11.6 Å². The van der Waals surface area contributed by atoms with E-state index in [0.717, 1.165) is 18.8 Å². The maximum absolute atomic E-state index is 12.5. The highest BCUT2D eigenvalue weighted by Crippen LogP contribution is 2.17. The van der Waals surface area contributed by atoms with Crippen molar-refractivity contribution >= 4 is 17.5 Å². The van der Waals surface area contributed by atoms with Crippen LogP contribution in [0.1, 0.15) is 35.6 Å². The Kier molecular flexibility index (Phi) is 4.67. The summed E-state index contributed by atoms with van der Waals surface area (Å²) in [5, 5.41) is 9.24. The molecule has 0 aromatic carbocycles. The topological polar surface area (TPSA) is 56.0 Å². The van der Waals surface area contributed by atoms with Crippen LogP contribution in [-0.2, 0) is 19.6 Å². The van der Waals surface area contributed by atoms with E-state index in [9.17, 15) is 4.79 Å². The van der Waals surface area contributed by atoms with Gasteiger partial charge in [0.1, 0.15) is 5.69 Å². The highest BCUT2D eigenvalue weighted by Gasteiger charge is 2.19. The molecule has 0 N–H and O–H groups in total. The molecule has 0 bridgehead atoms. The number of carbonyl (C=O) groups is 1. The van der Waals surface area contributed by atoms with Gasteiger partial charge in [-0.25, -0.2) is 0 Å². The maximum Gasteiger partial charge on any atom is 0.257 e. The molecular formula is C14H20ClN5O. The van der Waals surface area contributed by atoms with Gasteiger partial charge in [0.25, 0.3) is 5.91 Å². The number of hydrogen-bond donors (Lipinski definition) is 0. The Labute approximate surface area is 129 Å². The van der Waals surface area contributed by atoms with Gasteiger partial charge in [0.15, 0.2) is 0 Å². The fourth-order valence-corrected chi connectivity index (χ4v) is 2.31. The minimum Gasteiger partial charge on any atom is -0.336 e. The lowest BCUT2D eigenvalue weighted by atomic mass is 10.2. The zero-order chi connectivity index (χ0) is 15.6. The Morgan fingerprint density at radius 1 is 1.24 bits per heavy atom. The third-order valence-electron chi connectivity index (χ3n) is 3.35. The normalized spacial score (nSPS) is 10.9. The number of halogens is 1. The van der Waals surface area contributed by atoms with Gasteiger partial charge in [-0.1, -0.05) is 11.6 Å². The van der Waals surface area contributed by atoms with E-state index < -0.39 is 0 Å². The molecule has 0 aliphatic rings. The third kappa shape index (κ3) is 3.26. The van der Waals surface area contributed by atoms with Gasteiger partial charge < -0.3 is 4.90 Å². The Hall–Kier alpha value is -1.82. The number of aryl methyl sites for hydroxylation is 3. The minimum atomic E-state index is -0.0747. The van der Waals surface area contributed by atoms with Crippen molar-refractivity contribution in [3.63, 3.8) is 0 Å². The van der Waals surface area contributed by atoms with Gasteiger partial charge in [-0.3, -0.25) is 14.2 Å². The quantitative estimate of drug-likeness (QED) is 0.852. The van der Waals surface area contributed by atoms with E-state index in [-0.39, 0.29) is 5.91 Å². The summed E-state index contributed by atoms with van der Waals surface area (Å²) in [6.45, 7) is 7.68. The fraction of sp³-hybridized carbons (Fsp3) is 0.500. The molecule has 2 aromatic heterocycles. The molecule has 0 aliphatic heterocycles. The second-order valence-electron chi connectivity index (χ2n) is 4.92. The predicted octanol–water partition coefficient (Wildman–Crippen LogP) is 2.35. The molecule has 0 saturated carbocycles. The first-order valence-electron chi connectivity index (χ1n) is 6.97.